The molecule has 1 aliphatic rings. The van der Waals surface area contributed by atoms with Gasteiger partial charge in [-0.2, -0.15) is 5.10 Å². The third kappa shape index (κ3) is 3.25. The fraction of sp³-hybridized carbons (Fsp3) is 0.471. The Balaban J connectivity index is 1.89. The zero-order valence-electron chi connectivity index (χ0n) is 13.0. The monoisotopic (exact) mass is 298 g/mol. The molecule has 2 aromatic rings. The van der Waals surface area contributed by atoms with Crippen LogP contribution in [0.4, 0.5) is 0 Å². The van der Waals surface area contributed by atoms with Gasteiger partial charge in [-0.25, -0.2) is 4.68 Å². The molecule has 1 aliphatic carbocycles. The van der Waals surface area contributed by atoms with Gasteiger partial charge < -0.3 is 5.32 Å². The zero-order valence-corrected chi connectivity index (χ0v) is 13.0. The fourth-order valence-corrected chi connectivity index (χ4v) is 2.96. The Morgan fingerprint density at radius 3 is 2.77 bits per heavy atom. The van der Waals surface area contributed by atoms with Gasteiger partial charge >= 0.3 is 0 Å². The largest absolute Gasteiger partial charge is 0.310 e. The van der Waals surface area contributed by atoms with Gasteiger partial charge in [-0.15, -0.1) is 0 Å². The van der Waals surface area contributed by atoms with Crippen LogP contribution >= 0.6 is 0 Å². The maximum Gasteiger partial charge on any atom is 0.271 e. The Labute approximate surface area is 130 Å². The Morgan fingerprint density at radius 1 is 1.27 bits per heavy atom. The minimum atomic E-state index is -0.00678. The van der Waals surface area contributed by atoms with Crippen LogP contribution in [0.2, 0.25) is 0 Å². The summed E-state index contributed by atoms with van der Waals surface area (Å²) in [6.45, 7) is 3.10. The van der Waals surface area contributed by atoms with Gasteiger partial charge in [0.1, 0.15) is 5.69 Å². The maximum absolute atomic E-state index is 12.4. The van der Waals surface area contributed by atoms with E-state index in [9.17, 15) is 4.79 Å². The Kier molecular flexibility index (Phi) is 4.63. The lowest BCUT2D eigenvalue weighted by Gasteiger charge is -2.13. The molecule has 0 saturated heterocycles. The molecule has 1 saturated carbocycles. The summed E-state index contributed by atoms with van der Waals surface area (Å²) < 4.78 is 1.52. The average molecular weight is 298 g/mol. The van der Waals surface area contributed by atoms with Crippen LogP contribution in [-0.2, 0) is 13.1 Å². The van der Waals surface area contributed by atoms with Crippen molar-refractivity contribution >= 4 is 0 Å². The SMILES string of the molecule is CCn1nc(-c2ccccn2)cc(CNC2CCCC2)c1=O. The van der Waals surface area contributed by atoms with Gasteiger partial charge in [0.05, 0.1) is 5.69 Å². The van der Waals surface area contributed by atoms with Crippen LogP contribution in [0.3, 0.4) is 0 Å². The zero-order chi connectivity index (χ0) is 15.4. The molecule has 2 heterocycles. The molecule has 1 N–H and O–H groups in total. The minimum Gasteiger partial charge on any atom is -0.310 e. The highest BCUT2D eigenvalue weighted by Gasteiger charge is 2.16. The fourth-order valence-electron chi connectivity index (χ4n) is 2.96. The second-order valence-electron chi connectivity index (χ2n) is 5.75. The highest BCUT2D eigenvalue weighted by molar-refractivity contribution is 5.53. The molecule has 0 aliphatic heterocycles. The Morgan fingerprint density at radius 2 is 2.09 bits per heavy atom. The van der Waals surface area contributed by atoms with Crippen molar-refractivity contribution in [3.05, 3.63) is 46.4 Å². The van der Waals surface area contributed by atoms with Gasteiger partial charge in [-0.1, -0.05) is 18.9 Å². The first-order chi connectivity index (χ1) is 10.8. The van der Waals surface area contributed by atoms with E-state index in [-0.39, 0.29) is 5.56 Å². The summed E-state index contributed by atoms with van der Waals surface area (Å²) in [5, 5.41) is 7.92. The molecule has 0 radical (unpaired) electrons. The van der Waals surface area contributed by atoms with Gasteiger partial charge in [0.25, 0.3) is 5.56 Å². The average Bonchev–Trinajstić information content (AvgIpc) is 3.08. The first-order valence-corrected chi connectivity index (χ1v) is 8.03. The molecule has 0 atom stereocenters. The summed E-state index contributed by atoms with van der Waals surface area (Å²) in [4.78, 5) is 16.8. The van der Waals surface area contributed by atoms with E-state index >= 15 is 0 Å². The van der Waals surface area contributed by atoms with E-state index in [2.05, 4.69) is 15.4 Å². The molecular weight excluding hydrogens is 276 g/mol. The van der Waals surface area contributed by atoms with E-state index in [0.29, 0.717) is 19.1 Å². The maximum atomic E-state index is 12.4. The van der Waals surface area contributed by atoms with Crippen LogP contribution in [0, 0.1) is 0 Å². The van der Waals surface area contributed by atoms with Crippen molar-refractivity contribution < 1.29 is 0 Å². The number of aromatic nitrogens is 3. The molecule has 2 aromatic heterocycles. The molecule has 3 rings (SSSR count). The predicted molar refractivity (Wildman–Crippen MR) is 86.5 cm³/mol. The lowest BCUT2D eigenvalue weighted by molar-refractivity contribution is 0.515. The second-order valence-corrected chi connectivity index (χ2v) is 5.75. The van der Waals surface area contributed by atoms with Crippen LogP contribution in [0.25, 0.3) is 11.4 Å². The van der Waals surface area contributed by atoms with Crippen LogP contribution < -0.4 is 10.9 Å². The summed E-state index contributed by atoms with van der Waals surface area (Å²) in [6, 6.07) is 8.14. The summed E-state index contributed by atoms with van der Waals surface area (Å²) in [6.07, 6.45) is 6.73. The number of rotatable bonds is 5. The molecule has 0 amide bonds. The molecule has 0 spiro atoms. The van der Waals surface area contributed by atoms with Crippen molar-refractivity contribution in [1.29, 1.82) is 0 Å². The van der Waals surface area contributed by atoms with Gasteiger partial charge in [0.15, 0.2) is 0 Å². The third-order valence-electron chi connectivity index (χ3n) is 4.21. The van der Waals surface area contributed by atoms with Gasteiger partial charge in [0.2, 0.25) is 0 Å². The van der Waals surface area contributed by atoms with Crippen molar-refractivity contribution in [2.24, 2.45) is 0 Å². The molecule has 5 nitrogen and oxygen atoms in total. The molecule has 0 unspecified atom stereocenters. The normalized spacial score (nSPS) is 15.3. The lowest BCUT2D eigenvalue weighted by Crippen LogP contribution is -2.32. The summed E-state index contributed by atoms with van der Waals surface area (Å²) in [7, 11) is 0. The van der Waals surface area contributed by atoms with E-state index in [4.69, 9.17) is 0 Å². The van der Waals surface area contributed by atoms with Gasteiger partial charge in [0, 0.05) is 30.9 Å². The number of nitrogens with one attached hydrogen (secondary N) is 1. The van der Waals surface area contributed by atoms with Crippen molar-refractivity contribution in [2.75, 3.05) is 0 Å². The lowest BCUT2D eigenvalue weighted by atomic mass is 10.2. The van der Waals surface area contributed by atoms with E-state index in [1.165, 1.54) is 30.4 Å². The number of hydrogen-bond donors (Lipinski definition) is 1. The predicted octanol–water partition coefficient (Wildman–Crippen LogP) is 2.36. The van der Waals surface area contributed by atoms with E-state index in [0.717, 1.165) is 17.0 Å². The van der Waals surface area contributed by atoms with E-state index in [1.807, 2.05) is 31.2 Å². The third-order valence-corrected chi connectivity index (χ3v) is 4.21. The van der Waals surface area contributed by atoms with Gasteiger partial charge in [-0.3, -0.25) is 9.78 Å². The van der Waals surface area contributed by atoms with Crippen molar-refractivity contribution in [3.8, 4) is 11.4 Å². The molecule has 0 bridgehead atoms. The topological polar surface area (TPSA) is 59.8 Å². The molecule has 1 fully saturated rings. The summed E-state index contributed by atoms with van der Waals surface area (Å²) in [5.41, 5.74) is 2.31. The number of hydrogen-bond acceptors (Lipinski definition) is 4. The van der Waals surface area contributed by atoms with Crippen LogP contribution in [-0.4, -0.2) is 20.8 Å². The number of nitrogens with zero attached hydrogens (tertiary/aromatic N) is 3. The van der Waals surface area contributed by atoms with Crippen LogP contribution in [0.1, 0.15) is 38.2 Å². The summed E-state index contributed by atoms with van der Waals surface area (Å²) >= 11 is 0. The van der Waals surface area contributed by atoms with E-state index < -0.39 is 0 Å². The van der Waals surface area contributed by atoms with Crippen molar-refractivity contribution in [2.45, 2.75) is 51.7 Å². The molecule has 116 valence electrons. The molecule has 5 heteroatoms. The quantitative estimate of drug-likeness (QED) is 0.920. The van der Waals surface area contributed by atoms with Crippen LogP contribution in [0.15, 0.2) is 35.3 Å². The first-order valence-electron chi connectivity index (χ1n) is 8.03. The second kappa shape index (κ2) is 6.83. The number of pyridine rings is 1. The molecule has 22 heavy (non-hydrogen) atoms. The number of aryl methyl sites for hydroxylation is 1. The van der Waals surface area contributed by atoms with Gasteiger partial charge in [-0.05, 0) is 38.0 Å². The van der Waals surface area contributed by atoms with E-state index in [1.54, 1.807) is 6.20 Å². The standard InChI is InChI=1S/C17H22N4O/c1-2-21-17(22)13(12-19-14-7-3-4-8-14)11-16(20-21)15-9-5-6-10-18-15/h5-6,9-11,14,19H,2-4,7-8,12H2,1H3. The first kappa shape index (κ1) is 14.9. The Bertz CT molecular complexity index is 675. The molecular formula is C17H22N4O. The smallest absolute Gasteiger partial charge is 0.271 e. The summed E-state index contributed by atoms with van der Waals surface area (Å²) in [5.74, 6) is 0. The van der Waals surface area contributed by atoms with Crippen LogP contribution in [0.5, 0.6) is 0 Å². The minimum absolute atomic E-state index is 0.00678. The van der Waals surface area contributed by atoms with Crippen molar-refractivity contribution in [3.63, 3.8) is 0 Å². The Hall–Kier alpha value is -2.01. The highest BCUT2D eigenvalue weighted by Crippen LogP contribution is 2.18. The van der Waals surface area contributed by atoms with Crippen molar-refractivity contribution in [1.82, 2.24) is 20.1 Å². The highest BCUT2D eigenvalue weighted by atomic mass is 16.1. The molecule has 0 aromatic carbocycles.